The third-order valence-electron chi connectivity index (χ3n) is 9.41. The predicted octanol–water partition coefficient (Wildman–Crippen LogP) is 11.2. The van der Waals surface area contributed by atoms with Gasteiger partial charge >= 0.3 is 0 Å². The Kier molecular flexibility index (Phi) is 4.24. The van der Waals surface area contributed by atoms with E-state index < -0.39 is 0 Å². The molecular weight excluding hydrogens is 506 g/mol. The molecule has 1 heteroatoms. The zero-order valence-electron chi connectivity index (χ0n) is 22.7. The van der Waals surface area contributed by atoms with Crippen molar-refractivity contribution in [2.24, 2.45) is 0 Å². The van der Waals surface area contributed by atoms with Crippen molar-refractivity contribution in [3.8, 4) is 66.9 Å². The maximum atomic E-state index is 4.80. The molecule has 1 nitrogen and oxygen atoms in total. The van der Waals surface area contributed by atoms with Crippen molar-refractivity contribution in [3.63, 3.8) is 0 Å². The zero-order chi connectivity index (χ0) is 27.4. The van der Waals surface area contributed by atoms with Crippen LogP contribution >= 0.6 is 0 Å². The van der Waals surface area contributed by atoms with Crippen molar-refractivity contribution >= 4 is 32.3 Å². The Morgan fingerprint density at radius 2 is 0.929 bits per heavy atom. The van der Waals surface area contributed by atoms with Crippen LogP contribution < -0.4 is 0 Å². The highest BCUT2D eigenvalue weighted by Crippen LogP contribution is 2.55. The normalized spacial score (nSPS) is 12.3. The van der Waals surface area contributed by atoms with Crippen molar-refractivity contribution < 1.29 is 0 Å². The van der Waals surface area contributed by atoms with Gasteiger partial charge in [0.05, 0.1) is 5.69 Å². The highest BCUT2D eigenvalue weighted by molar-refractivity contribution is 6.29. The maximum absolute atomic E-state index is 4.80. The molecule has 0 amide bonds. The fraction of sp³-hybridized carbons (Fsp3) is 0. The number of pyridine rings is 1. The van der Waals surface area contributed by atoms with Crippen LogP contribution in [0.3, 0.4) is 0 Å². The molecule has 0 radical (unpaired) electrons. The average molecular weight is 530 g/mol. The van der Waals surface area contributed by atoms with Crippen LogP contribution in [-0.4, -0.2) is 4.98 Å². The summed E-state index contributed by atoms with van der Waals surface area (Å²) in [7, 11) is 0. The molecule has 42 heavy (non-hydrogen) atoms. The van der Waals surface area contributed by atoms with Crippen LogP contribution in [0.2, 0.25) is 0 Å². The van der Waals surface area contributed by atoms with Crippen LogP contribution in [-0.2, 0) is 0 Å². The van der Waals surface area contributed by atoms with Crippen LogP contribution in [0.4, 0.5) is 0 Å². The smallest absolute Gasteiger partial charge is 0.0714 e. The molecule has 192 valence electrons. The Hall–Kier alpha value is -5.53. The quantitative estimate of drug-likeness (QED) is 0.203. The number of hydrogen-bond donors (Lipinski definition) is 0. The molecular formula is C41H23N. The van der Waals surface area contributed by atoms with Gasteiger partial charge < -0.3 is 0 Å². The first kappa shape index (κ1) is 22.2. The number of aromatic nitrogens is 1. The van der Waals surface area contributed by atoms with Crippen molar-refractivity contribution in [1.29, 1.82) is 0 Å². The second-order valence-corrected chi connectivity index (χ2v) is 11.4. The lowest BCUT2D eigenvalue weighted by molar-refractivity contribution is 1.34. The summed E-state index contributed by atoms with van der Waals surface area (Å²) in [5, 5.41) is 7.82. The van der Waals surface area contributed by atoms with Gasteiger partial charge in [0.2, 0.25) is 0 Å². The van der Waals surface area contributed by atoms with Crippen molar-refractivity contribution in [3.05, 3.63) is 140 Å². The molecule has 0 aliphatic heterocycles. The molecule has 0 saturated carbocycles. The molecule has 0 unspecified atom stereocenters. The first-order valence-electron chi connectivity index (χ1n) is 14.6. The SMILES string of the molecule is c1ccc(-c2c3ccccc3c3c4c(cccc24)-c2cc(-c4ccc5c6c(cccc46)-c4ccccc4-5)ccc2-3)nc1. The maximum Gasteiger partial charge on any atom is 0.0714 e. The summed E-state index contributed by atoms with van der Waals surface area (Å²) in [4.78, 5) is 4.80. The van der Waals surface area contributed by atoms with E-state index in [0.717, 1.165) is 5.69 Å². The highest BCUT2D eigenvalue weighted by atomic mass is 14.7. The summed E-state index contributed by atoms with van der Waals surface area (Å²) in [6, 6.07) is 49.1. The number of benzene rings is 7. The van der Waals surface area contributed by atoms with Crippen LogP contribution in [0.15, 0.2) is 140 Å². The first-order valence-corrected chi connectivity index (χ1v) is 14.6. The van der Waals surface area contributed by atoms with Crippen LogP contribution in [0.1, 0.15) is 0 Å². The number of hydrogen-bond acceptors (Lipinski definition) is 1. The number of nitrogens with zero attached hydrogens (tertiary/aromatic N) is 1. The van der Waals surface area contributed by atoms with Gasteiger partial charge in [0.25, 0.3) is 0 Å². The molecule has 0 bridgehead atoms. The van der Waals surface area contributed by atoms with Crippen molar-refractivity contribution in [2.75, 3.05) is 0 Å². The van der Waals surface area contributed by atoms with Gasteiger partial charge in [-0.15, -0.1) is 0 Å². The van der Waals surface area contributed by atoms with E-state index in [1.165, 1.54) is 93.5 Å². The third kappa shape index (κ3) is 2.75. The van der Waals surface area contributed by atoms with Gasteiger partial charge in [0, 0.05) is 11.8 Å². The van der Waals surface area contributed by atoms with E-state index in [9.17, 15) is 0 Å². The van der Waals surface area contributed by atoms with Gasteiger partial charge in [-0.2, -0.15) is 0 Å². The van der Waals surface area contributed by atoms with Crippen molar-refractivity contribution in [1.82, 2.24) is 4.98 Å². The van der Waals surface area contributed by atoms with E-state index in [-0.39, 0.29) is 0 Å². The first-order chi connectivity index (χ1) is 20.9. The van der Waals surface area contributed by atoms with E-state index in [4.69, 9.17) is 4.98 Å². The molecule has 8 aromatic rings. The predicted molar refractivity (Wildman–Crippen MR) is 176 cm³/mol. The Bertz CT molecular complexity index is 2420. The monoisotopic (exact) mass is 529 g/mol. The minimum Gasteiger partial charge on any atom is -0.256 e. The van der Waals surface area contributed by atoms with Crippen LogP contribution in [0.5, 0.6) is 0 Å². The van der Waals surface area contributed by atoms with Gasteiger partial charge in [-0.3, -0.25) is 4.98 Å². The largest absolute Gasteiger partial charge is 0.256 e. The van der Waals surface area contributed by atoms with Gasteiger partial charge in [-0.1, -0.05) is 115 Å². The molecule has 0 saturated heterocycles. The summed E-state index contributed by atoms with van der Waals surface area (Å²) in [5.74, 6) is 0. The van der Waals surface area contributed by atoms with E-state index in [1.807, 2.05) is 12.3 Å². The Balaban J connectivity index is 1.25. The third-order valence-corrected chi connectivity index (χ3v) is 9.41. The summed E-state index contributed by atoms with van der Waals surface area (Å²) >= 11 is 0. The molecule has 7 aromatic carbocycles. The van der Waals surface area contributed by atoms with Crippen LogP contribution in [0, 0.1) is 0 Å². The number of rotatable bonds is 2. The average Bonchev–Trinajstić information content (AvgIpc) is 3.57. The fourth-order valence-corrected chi connectivity index (χ4v) is 7.73. The molecule has 2 aliphatic carbocycles. The lowest BCUT2D eigenvalue weighted by atomic mass is 9.89. The van der Waals surface area contributed by atoms with Crippen LogP contribution in [0.25, 0.3) is 99.2 Å². The lowest BCUT2D eigenvalue weighted by Gasteiger charge is -2.14. The molecule has 0 atom stereocenters. The zero-order valence-corrected chi connectivity index (χ0v) is 22.7. The second-order valence-electron chi connectivity index (χ2n) is 11.4. The molecule has 1 aromatic heterocycles. The summed E-state index contributed by atoms with van der Waals surface area (Å²) < 4.78 is 0. The Morgan fingerprint density at radius 1 is 0.333 bits per heavy atom. The lowest BCUT2D eigenvalue weighted by Crippen LogP contribution is -1.89. The standard InChI is InChI=1S/C41H23N/c1-2-10-27-26(9-1)29-14-7-13-28-25(20-21-33(27)38(28)29)24-18-19-34-36(23-24)32-15-8-16-35-39(37-17-5-6-22-42-37)30-11-3-4-12-31(30)40(34)41(32)35/h1-23H. The van der Waals surface area contributed by atoms with E-state index >= 15 is 0 Å². The van der Waals surface area contributed by atoms with Gasteiger partial charge in [-0.05, 0) is 106 Å². The molecule has 0 N–H and O–H groups in total. The topological polar surface area (TPSA) is 12.9 Å². The van der Waals surface area contributed by atoms with Gasteiger partial charge in [0.15, 0.2) is 0 Å². The minimum atomic E-state index is 1.02. The minimum absolute atomic E-state index is 1.02. The molecule has 2 aliphatic rings. The molecule has 0 spiro atoms. The number of fused-ring (bicyclic) bond motifs is 8. The summed E-state index contributed by atoms with van der Waals surface area (Å²) in [6.07, 6.45) is 1.89. The van der Waals surface area contributed by atoms with E-state index in [0.29, 0.717) is 0 Å². The van der Waals surface area contributed by atoms with Crippen molar-refractivity contribution in [2.45, 2.75) is 0 Å². The fourth-order valence-electron chi connectivity index (χ4n) is 7.73. The summed E-state index contributed by atoms with van der Waals surface area (Å²) in [5.41, 5.74) is 15.4. The van der Waals surface area contributed by atoms with E-state index in [2.05, 4.69) is 127 Å². The molecule has 0 fully saturated rings. The molecule has 1 heterocycles. The molecule has 10 rings (SSSR count). The second kappa shape index (κ2) is 8.02. The van der Waals surface area contributed by atoms with Gasteiger partial charge in [0.1, 0.15) is 0 Å². The summed E-state index contributed by atoms with van der Waals surface area (Å²) in [6.45, 7) is 0. The highest BCUT2D eigenvalue weighted by Gasteiger charge is 2.28. The Labute approximate surface area is 243 Å². The van der Waals surface area contributed by atoms with E-state index in [1.54, 1.807) is 0 Å². The van der Waals surface area contributed by atoms with Gasteiger partial charge in [-0.25, -0.2) is 0 Å². The Morgan fingerprint density at radius 3 is 1.71 bits per heavy atom.